The Morgan fingerprint density at radius 1 is 1.40 bits per heavy atom. The second-order valence-corrected chi connectivity index (χ2v) is 3.93. The Labute approximate surface area is 91.9 Å². The number of hydrogen-bond donors (Lipinski definition) is 0. The van der Waals surface area contributed by atoms with Crippen LogP contribution in [-0.2, 0) is 0 Å². The van der Waals surface area contributed by atoms with Crippen molar-refractivity contribution in [2.45, 2.75) is 26.7 Å². The van der Waals surface area contributed by atoms with Crippen molar-refractivity contribution in [3.05, 3.63) is 29.3 Å². The van der Waals surface area contributed by atoms with Gasteiger partial charge in [0.15, 0.2) is 0 Å². The lowest BCUT2D eigenvalue weighted by Gasteiger charge is -2.19. The van der Waals surface area contributed by atoms with Gasteiger partial charge in [-0.2, -0.15) is 0 Å². The molecule has 1 aromatic carbocycles. The molecule has 1 rings (SSSR count). The molecule has 2 nitrogen and oxygen atoms in total. The summed E-state index contributed by atoms with van der Waals surface area (Å²) in [7, 11) is 2.09. The average Bonchev–Trinajstić information content (AvgIpc) is 2.25. The van der Waals surface area contributed by atoms with Gasteiger partial charge >= 0.3 is 0 Å². The van der Waals surface area contributed by atoms with Crippen LogP contribution < -0.4 is 4.90 Å². The molecule has 0 aliphatic rings. The number of carbonyl (C=O) groups is 1. The van der Waals surface area contributed by atoms with E-state index < -0.39 is 0 Å². The quantitative estimate of drug-likeness (QED) is 0.689. The number of rotatable bonds is 5. The van der Waals surface area contributed by atoms with Crippen molar-refractivity contribution in [3.8, 4) is 0 Å². The number of carbonyl (C=O) groups excluding carboxylic acids is 1. The van der Waals surface area contributed by atoms with Gasteiger partial charge < -0.3 is 4.90 Å². The molecule has 2 heteroatoms. The van der Waals surface area contributed by atoms with Crippen LogP contribution in [-0.4, -0.2) is 19.9 Å². The maximum Gasteiger partial charge on any atom is 0.150 e. The van der Waals surface area contributed by atoms with Gasteiger partial charge in [-0.1, -0.05) is 13.3 Å². The van der Waals surface area contributed by atoms with E-state index in [0.717, 1.165) is 24.0 Å². The van der Waals surface area contributed by atoms with Crippen LogP contribution in [0.25, 0.3) is 0 Å². The zero-order valence-electron chi connectivity index (χ0n) is 9.79. The minimum atomic E-state index is 0.780. The number of unbranched alkanes of at least 4 members (excludes halogenated alkanes) is 1. The maximum absolute atomic E-state index is 10.7. The molecule has 0 aromatic heterocycles. The Hall–Kier alpha value is -1.31. The lowest BCUT2D eigenvalue weighted by Crippen LogP contribution is -2.18. The van der Waals surface area contributed by atoms with Gasteiger partial charge in [0.05, 0.1) is 0 Å². The minimum absolute atomic E-state index is 0.780. The van der Waals surface area contributed by atoms with E-state index in [1.54, 1.807) is 0 Å². The Morgan fingerprint density at radius 3 is 2.67 bits per heavy atom. The van der Waals surface area contributed by atoms with E-state index in [1.165, 1.54) is 18.5 Å². The fourth-order valence-corrected chi connectivity index (χ4v) is 1.55. The summed E-state index contributed by atoms with van der Waals surface area (Å²) in [6.07, 6.45) is 3.31. The summed E-state index contributed by atoms with van der Waals surface area (Å²) in [5.41, 5.74) is 3.01. The summed E-state index contributed by atoms with van der Waals surface area (Å²) in [6.45, 7) is 5.23. The van der Waals surface area contributed by atoms with E-state index in [0.29, 0.717) is 0 Å². The molecule has 0 saturated heterocycles. The molecular formula is C13H19NO. The third kappa shape index (κ3) is 3.08. The number of aryl methyl sites for hydroxylation is 1. The summed E-state index contributed by atoms with van der Waals surface area (Å²) in [4.78, 5) is 12.9. The monoisotopic (exact) mass is 205 g/mol. The molecular weight excluding hydrogens is 186 g/mol. The molecule has 15 heavy (non-hydrogen) atoms. The van der Waals surface area contributed by atoms with Crippen molar-refractivity contribution in [1.82, 2.24) is 0 Å². The van der Waals surface area contributed by atoms with Crippen molar-refractivity contribution in [2.24, 2.45) is 0 Å². The Balaban J connectivity index is 2.77. The summed E-state index contributed by atoms with van der Waals surface area (Å²) in [6, 6.07) is 5.96. The van der Waals surface area contributed by atoms with Gasteiger partial charge in [0, 0.05) is 24.8 Å². The fourth-order valence-electron chi connectivity index (χ4n) is 1.55. The minimum Gasteiger partial charge on any atom is -0.375 e. The first-order chi connectivity index (χ1) is 7.19. The molecule has 0 saturated carbocycles. The van der Waals surface area contributed by atoms with E-state index in [9.17, 15) is 4.79 Å². The van der Waals surface area contributed by atoms with Crippen LogP contribution in [0.1, 0.15) is 35.7 Å². The smallest absolute Gasteiger partial charge is 0.150 e. The van der Waals surface area contributed by atoms with Crippen LogP contribution in [0.15, 0.2) is 18.2 Å². The first kappa shape index (κ1) is 11.8. The van der Waals surface area contributed by atoms with E-state index >= 15 is 0 Å². The van der Waals surface area contributed by atoms with E-state index in [-0.39, 0.29) is 0 Å². The Morgan fingerprint density at radius 2 is 2.13 bits per heavy atom. The highest BCUT2D eigenvalue weighted by molar-refractivity contribution is 5.78. The number of nitrogens with zero attached hydrogens (tertiary/aromatic N) is 1. The molecule has 0 fully saturated rings. The van der Waals surface area contributed by atoms with Crippen molar-refractivity contribution >= 4 is 12.0 Å². The van der Waals surface area contributed by atoms with Gasteiger partial charge in [-0.25, -0.2) is 0 Å². The van der Waals surface area contributed by atoms with Gasteiger partial charge in [-0.05, 0) is 37.1 Å². The lowest BCUT2D eigenvalue weighted by molar-refractivity contribution is 0.112. The molecule has 0 bridgehead atoms. The predicted molar refractivity (Wildman–Crippen MR) is 64.7 cm³/mol. The topological polar surface area (TPSA) is 20.3 Å². The Kier molecular flexibility index (Phi) is 4.35. The molecule has 1 aromatic rings. The van der Waals surface area contributed by atoms with Crippen molar-refractivity contribution in [3.63, 3.8) is 0 Å². The molecule has 0 radical (unpaired) electrons. The van der Waals surface area contributed by atoms with Gasteiger partial charge in [-0.15, -0.1) is 0 Å². The van der Waals surface area contributed by atoms with Crippen LogP contribution in [0.3, 0.4) is 0 Å². The standard InChI is InChI=1S/C13H19NO/c1-4-5-8-14(3)13-7-6-12(10-15)11(2)9-13/h6-7,9-10H,4-5,8H2,1-3H3. The number of aldehydes is 1. The normalized spacial score (nSPS) is 10.1. The van der Waals surface area contributed by atoms with Crippen LogP contribution in [0.2, 0.25) is 0 Å². The Bertz CT molecular complexity index is 333. The molecule has 0 unspecified atom stereocenters. The number of anilines is 1. The fraction of sp³-hybridized carbons (Fsp3) is 0.462. The first-order valence-electron chi connectivity index (χ1n) is 5.46. The molecule has 0 aliphatic heterocycles. The second kappa shape index (κ2) is 5.54. The van der Waals surface area contributed by atoms with Gasteiger partial charge in [-0.3, -0.25) is 4.79 Å². The third-order valence-electron chi connectivity index (χ3n) is 2.67. The SMILES string of the molecule is CCCCN(C)c1ccc(C=O)c(C)c1. The van der Waals surface area contributed by atoms with E-state index in [4.69, 9.17) is 0 Å². The molecule has 0 spiro atoms. The highest BCUT2D eigenvalue weighted by atomic mass is 16.1. The highest BCUT2D eigenvalue weighted by Crippen LogP contribution is 2.17. The number of benzene rings is 1. The second-order valence-electron chi connectivity index (χ2n) is 3.93. The summed E-state index contributed by atoms with van der Waals surface area (Å²) >= 11 is 0. The third-order valence-corrected chi connectivity index (χ3v) is 2.67. The summed E-state index contributed by atoms with van der Waals surface area (Å²) < 4.78 is 0. The van der Waals surface area contributed by atoms with Crippen molar-refractivity contribution in [2.75, 3.05) is 18.5 Å². The van der Waals surface area contributed by atoms with Gasteiger partial charge in [0.25, 0.3) is 0 Å². The van der Waals surface area contributed by atoms with Crippen molar-refractivity contribution in [1.29, 1.82) is 0 Å². The molecule has 0 atom stereocenters. The molecule has 82 valence electrons. The van der Waals surface area contributed by atoms with Crippen LogP contribution in [0, 0.1) is 6.92 Å². The zero-order valence-corrected chi connectivity index (χ0v) is 9.79. The van der Waals surface area contributed by atoms with Crippen LogP contribution in [0.5, 0.6) is 0 Å². The molecule has 0 amide bonds. The van der Waals surface area contributed by atoms with E-state index in [2.05, 4.69) is 24.9 Å². The van der Waals surface area contributed by atoms with Crippen LogP contribution >= 0.6 is 0 Å². The first-order valence-corrected chi connectivity index (χ1v) is 5.46. The molecule has 0 aliphatic carbocycles. The highest BCUT2D eigenvalue weighted by Gasteiger charge is 2.02. The zero-order chi connectivity index (χ0) is 11.3. The molecule has 0 heterocycles. The average molecular weight is 205 g/mol. The lowest BCUT2D eigenvalue weighted by atomic mass is 10.1. The predicted octanol–water partition coefficient (Wildman–Crippen LogP) is 3.04. The van der Waals surface area contributed by atoms with Gasteiger partial charge in [0.2, 0.25) is 0 Å². The van der Waals surface area contributed by atoms with Crippen molar-refractivity contribution < 1.29 is 4.79 Å². The molecule has 0 N–H and O–H groups in total. The summed E-state index contributed by atoms with van der Waals surface area (Å²) in [5, 5.41) is 0. The maximum atomic E-state index is 10.7. The van der Waals surface area contributed by atoms with Crippen LogP contribution in [0.4, 0.5) is 5.69 Å². The largest absolute Gasteiger partial charge is 0.375 e. The van der Waals surface area contributed by atoms with Gasteiger partial charge in [0.1, 0.15) is 6.29 Å². The number of hydrogen-bond acceptors (Lipinski definition) is 2. The van der Waals surface area contributed by atoms with E-state index in [1.807, 2.05) is 19.1 Å². The summed E-state index contributed by atoms with van der Waals surface area (Å²) in [5.74, 6) is 0.